The second-order valence-electron chi connectivity index (χ2n) is 4.87. The van der Waals surface area contributed by atoms with Crippen molar-refractivity contribution in [3.8, 4) is 0 Å². The van der Waals surface area contributed by atoms with Crippen molar-refractivity contribution in [2.75, 3.05) is 0 Å². The lowest BCUT2D eigenvalue weighted by Crippen LogP contribution is -2.09. The summed E-state index contributed by atoms with van der Waals surface area (Å²) < 4.78 is 2.07. The molecule has 1 aromatic rings. The Morgan fingerprint density at radius 3 is 2.33 bits per heavy atom. The Balaban J connectivity index is 2.95. The first kappa shape index (κ1) is 12.2. The van der Waals surface area contributed by atoms with Crippen LogP contribution in [-0.4, -0.2) is 15.0 Å². The van der Waals surface area contributed by atoms with Crippen molar-refractivity contribution in [1.82, 2.24) is 15.0 Å². The fourth-order valence-corrected chi connectivity index (χ4v) is 1.80. The first-order valence-corrected chi connectivity index (χ1v) is 5.99. The lowest BCUT2D eigenvalue weighted by atomic mass is 10.0. The summed E-state index contributed by atoms with van der Waals surface area (Å²) in [6.45, 7) is 11.0. The van der Waals surface area contributed by atoms with Crippen molar-refractivity contribution in [3.05, 3.63) is 11.4 Å². The number of aromatic nitrogens is 3. The molecule has 0 aliphatic heterocycles. The Kier molecular flexibility index (Phi) is 4.30. The average Bonchev–Trinajstić information content (AvgIpc) is 2.48. The largest absolute Gasteiger partial charge is 0.247 e. The van der Waals surface area contributed by atoms with Crippen LogP contribution in [0.1, 0.15) is 58.5 Å². The maximum atomic E-state index is 4.31. The zero-order chi connectivity index (χ0) is 11.4. The highest BCUT2D eigenvalue weighted by Crippen LogP contribution is 2.16. The summed E-state index contributed by atoms with van der Waals surface area (Å²) in [5, 5.41) is 8.56. The summed E-state index contributed by atoms with van der Waals surface area (Å²) in [7, 11) is 0. The second kappa shape index (κ2) is 5.29. The molecule has 0 N–H and O–H groups in total. The molecular formula is C12H23N3. The second-order valence-corrected chi connectivity index (χ2v) is 4.87. The van der Waals surface area contributed by atoms with Gasteiger partial charge in [-0.05, 0) is 32.6 Å². The lowest BCUT2D eigenvalue weighted by Gasteiger charge is -2.10. The predicted molar refractivity (Wildman–Crippen MR) is 62.9 cm³/mol. The first-order valence-electron chi connectivity index (χ1n) is 5.99. The molecule has 0 amide bonds. The predicted octanol–water partition coefficient (Wildman–Crippen LogP) is 3.01. The molecule has 0 aromatic carbocycles. The van der Waals surface area contributed by atoms with Crippen LogP contribution < -0.4 is 0 Å². The topological polar surface area (TPSA) is 30.7 Å². The third-order valence-corrected chi connectivity index (χ3v) is 2.45. The highest BCUT2D eigenvalue weighted by molar-refractivity contribution is 5.11. The van der Waals surface area contributed by atoms with Gasteiger partial charge in [0.05, 0.1) is 11.4 Å². The van der Waals surface area contributed by atoms with Crippen LogP contribution in [0.2, 0.25) is 0 Å². The van der Waals surface area contributed by atoms with Gasteiger partial charge in [0, 0.05) is 6.04 Å². The summed E-state index contributed by atoms with van der Waals surface area (Å²) in [5.74, 6) is 0.651. The summed E-state index contributed by atoms with van der Waals surface area (Å²) in [4.78, 5) is 0. The zero-order valence-corrected chi connectivity index (χ0v) is 10.6. The van der Waals surface area contributed by atoms with E-state index in [-0.39, 0.29) is 0 Å². The van der Waals surface area contributed by atoms with Gasteiger partial charge in [-0.3, -0.25) is 0 Å². The number of hydrogen-bond donors (Lipinski definition) is 0. The van der Waals surface area contributed by atoms with Gasteiger partial charge < -0.3 is 0 Å². The van der Waals surface area contributed by atoms with Crippen LogP contribution in [0.3, 0.4) is 0 Å². The fraction of sp³-hybridized carbons (Fsp3) is 0.833. The molecule has 1 aromatic heterocycles. The van der Waals surface area contributed by atoms with Gasteiger partial charge in [-0.2, -0.15) is 0 Å². The minimum atomic E-state index is 0.417. The van der Waals surface area contributed by atoms with Gasteiger partial charge in [0.1, 0.15) is 0 Å². The van der Waals surface area contributed by atoms with E-state index in [1.807, 2.05) is 0 Å². The van der Waals surface area contributed by atoms with Crippen LogP contribution in [-0.2, 0) is 12.8 Å². The average molecular weight is 209 g/mol. The van der Waals surface area contributed by atoms with Gasteiger partial charge in [-0.25, -0.2) is 4.68 Å². The molecule has 0 fully saturated rings. The molecule has 0 aliphatic carbocycles. The van der Waals surface area contributed by atoms with E-state index in [1.165, 1.54) is 11.4 Å². The quantitative estimate of drug-likeness (QED) is 0.746. The molecule has 1 rings (SSSR count). The minimum absolute atomic E-state index is 0.417. The molecule has 3 nitrogen and oxygen atoms in total. The smallest absolute Gasteiger partial charge is 0.0861 e. The van der Waals surface area contributed by atoms with Crippen molar-refractivity contribution in [2.24, 2.45) is 5.92 Å². The van der Waals surface area contributed by atoms with Crippen LogP contribution in [0, 0.1) is 5.92 Å². The Bertz CT molecular complexity index is 300. The summed E-state index contributed by atoms with van der Waals surface area (Å²) >= 11 is 0. The number of nitrogens with zero attached hydrogens (tertiary/aromatic N) is 3. The van der Waals surface area contributed by atoms with Gasteiger partial charge in [0.25, 0.3) is 0 Å². The van der Waals surface area contributed by atoms with Crippen molar-refractivity contribution in [2.45, 2.75) is 59.9 Å². The zero-order valence-electron chi connectivity index (χ0n) is 10.6. The van der Waals surface area contributed by atoms with Crippen LogP contribution in [0.25, 0.3) is 0 Å². The third kappa shape index (κ3) is 3.05. The Morgan fingerprint density at radius 2 is 1.87 bits per heavy atom. The maximum Gasteiger partial charge on any atom is 0.0861 e. The summed E-state index contributed by atoms with van der Waals surface area (Å²) in [6, 6.07) is 0.417. The van der Waals surface area contributed by atoms with E-state index in [4.69, 9.17) is 0 Å². The summed E-state index contributed by atoms with van der Waals surface area (Å²) in [6.07, 6.45) is 3.29. The van der Waals surface area contributed by atoms with Gasteiger partial charge >= 0.3 is 0 Å². The molecule has 0 saturated carbocycles. The molecule has 15 heavy (non-hydrogen) atoms. The van der Waals surface area contributed by atoms with Gasteiger partial charge in [-0.1, -0.05) is 32.4 Å². The Morgan fingerprint density at radius 1 is 1.20 bits per heavy atom. The monoisotopic (exact) mass is 209 g/mol. The van der Waals surface area contributed by atoms with Crippen molar-refractivity contribution < 1.29 is 0 Å². The van der Waals surface area contributed by atoms with E-state index < -0.39 is 0 Å². The van der Waals surface area contributed by atoms with Crippen molar-refractivity contribution >= 4 is 0 Å². The van der Waals surface area contributed by atoms with E-state index in [0.29, 0.717) is 12.0 Å². The highest BCUT2D eigenvalue weighted by Gasteiger charge is 2.14. The molecule has 0 bridgehead atoms. The van der Waals surface area contributed by atoms with E-state index in [9.17, 15) is 0 Å². The van der Waals surface area contributed by atoms with Crippen LogP contribution >= 0.6 is 0 Å². The molecule has 0 unspecified atom stereocenters. The van der Waals surface area contributed by atoms with E-state index >= 15 is 0 Å². The van der Waals surface area contributed by atoms with E-state index in [2.05, 4.69) is 49.6 Å². The van der Waals surface area contributed by atoms with Gasteiger partial charge in [0.2, 0.25) is 0 Å². The molecular weight excluding hydrogens is 186 g/mol. The molecule has 86 valence electrons. The Hall–Kier alpha value is -0.860. The molecule has 1 heterocycles. The molecule has 3 heteroatoms. The molecule has 0 atom stereocenters. The standard InChI is InChI=1S/C12H23N3/c1-6-7-12-11(8-9(2)3)13-14-15(12)10(4)5/h9-10H,6-8H2,1-5H3. The van der Waals surface area contributed by atoms with E-state index in [0.717, 1.165) is 19.3 Å². The van der Waals surface area contributed by atoms with Crippen LogP contribution in [0.5, 0.6) is 0 Å². The lowest BCUT2D eigenvalue weighted by molar-refractivity contribution is 0.492. The minimum Gasteiger partial charge on any atom is -0.247 e. The highest BCUT2D eigenvalue weighted by atomic mass is 15.4. The van der Waals surface area contributed by atoms with Crippen LogP contribution in [0.4, 0.5) is 0 Å². The molecule has 0 aliphatic rings. The SMILES string of the molecule is CCCc1c(CC(C)C)nnn1C(C)C. The normalized spacial score (nSPS) is 11.7. The number of hydrogen-bond acceptors (Lipinski definition) is 2. The fourth-order valence-electron chi connectivity index (χ4n) is 1.80. The molecule has 0 spiro atoms. The third-order valence-electron chi connectivity index (χ3n) is 2.45. The van der Waals surface area contributed by atoms with Gasteiger partial charge in [0.15, 0.2) is 0 Å². The Labute approximate surface area is 92.9 Å². The van der Waals surface area contributed by atoms with Gasteiger partial charge in [-0.15, -0.1) is 5.10 Å². The summed E-state index contributed by atoms with van der Waals surface area (Å²) in [5.41, 5.74) is 2.53. The molecule has 0 radical (unpaired) electrons. The van der Waals surface area contributed by atoms with E-state index in [1.54, 1.807) is 0 Å². The molecule has 0 saturated heterocycles. The maximum absolute atomic E-state index is 4.31. The van der Waals surface area contributed by atoms with Crippen LogP contribution in [0.15, 0.2) is 0 Å². The first-order chi connectivity index (χ1) is 7.06. The van der Waals surface area contributed by atoms with Crippen molar-refractivity contribution in [3.63, 3.8) is 0 Å². The van der Waals surface area contributed by atoms with Crippen molar-refractivity contribution in [1.29, 1.82) is 0 Å². The number of rotatable bonds is 5.